The van der Waals surface area contributed by atoms with Crippen LogP contribution in [0.25, 0.3) is 0 Å². The fourth-order valence-corrected chi connectivity index (χ4v) is 3.09. The van der Waals surface area contributed by atoms with Gasteiger partial charge in [0.05, 0.1) is 4.90 Å². The standard InChI is InChI=1S/C15H16ClNO2S/c1-10-4-6-14(7-5-10)20(18,19)17-13-8-11(2)15(16)12(3)9-13/h4-9,17H,1-3H3. The van der Waals surface area contributed by atoms with E-state index in [1.54, 1.807) is 36.4 Å². The van der Waals surface area contributed by atoms with Crippen molar-refractivity contribution >= 4 is 27.3 Å². The van der Waals surface area contributed by atoms with Crippen LogP contribution in [0.15, 0.2) is 41.3 Å². The number of anilines is 1. The van der Waals surface area contributed by atoms with Crippen LogP contribution in [0.3, 0.4) is 0 Å². The van der Waals surface area contributed by atoms with Crippen molar-refractivity contribution in [2.75, 3.05) is 4.72 Å². The van der Waals surface area contributed by atoms with Gasteiger partial charge in [0.15, 0.2) is 0 Å². The maximum Gasteiger partial charge on any atom is 0.261 e. The number of hydrogen-bond acceptors (Lipinski definition) is 2. The molecule has 0 radical (unpaired) electrons. The van der Waals surface area contributed by atoms with Crippen molar-refractivity contribution in [2.24, 2.45) is 0 Å². The van der Waals surface area contributed by atoms with E-state index in [1.165, 1.54) is 0 Å². The predicted octanol–water partition coefficient (Wildman–Crippen LogP) is 4.07. The second-order valence-corrected chi connectivity index (χ2v) is 6.90. The fourth-order valence-electron chi connectivity index (χ4n) is 1.94. The molecule has 0 aliphatic carbocycles. The highest BCUT2D eigenvalue weighted by atomic mass is 35.5. The van der Waals surface area contributed by atoms with E-state index >= 15 is 0 Å². The Morgan fingerprint density at radius 3 is 1.95 bits per heavy atom. The van der Waals surface area contributed by atoms with Crippen LogP contribution in [0.4, 0.5) is 5.69 Å². The number of rotatable bonds is 3. The lowest BCUT2D eigenvalue weighted by molar-refractivity contribution is 0.601. The molecule has 0 aliphatic heterocycles. The third kappa shape index (κ3) is 3.14. The van der Waals surface area contributed by atoms with Crippen LogP contribution >= 0.6 is 11.6 Å². The summed E-state index contributed by atoms with van der Waals surface area (Å²) in [4.78, 5) is 0.244. The van der Waals surface area contributed by atoms with E-state index in [9.17, 15) is 8.42 Å². The van der Waals surface area contributed by atoms with Crippen molar-refractivity contribution in [1.29, 1.82) is 0 Å². The fraction of sp³-hybridized carbons (Fsp3) is 0.200. The third-order valence-electron chi connectivity index (χ3n) is 3.02. The zero-order valence-corrected chi connectivity index (χ0v) is 13.1. The van der Waals surface area contributed by atoms with Crippen molar-refractivity contribution in [3.05, 3.63) is 58.1 Å². The monoisotopic (exact) mass is 309 g/mol. The summed E-state index contributed by atoms with van der Waals surface area (Å²) in [6, 6.07) is 10.2. The van der Waals surface area contributed by atoms with Crippen LogP contribution in [0.5, 0.6) is 0 Å². The molecule has 0 amide bonds. The van der Waals surface area contributed by atoms with Gasteiger partial charge >= 0.3 is 0 Å². The molecule has 1 N–H and O–H groups in total. The molecule has 0 fully saturated rings. The molecule has 0 atom stereocenters. The lowest BCUT2D eigenvalue weighted by Gasteiger charge is -2.11. The third-order valence-corrected chi connectivity index (χ3v) is 5.01. The van der Waals surface area contributed by atoms with Gasteiger partial charge in [-0.05, 0) is 56.2 Å². The summed E-state index contributed by atoms with van der Waals surface area (Å²) in [7, 11) is -3.57. The molecular weight excluding hydrogens is 294 g/mol. The van der Waals surface area contributed by atoms with Gasteiger partial charge in [0.1, 0.15) is 0 Å². The molecule has 0 spiro atoms. The van der Waals surface area contributed by atoms with Gasteiger partial charge in [0.25, 0.3) is 10.0 Å². The van der Waals surface area contributed by atoms with Crippen molar-refractivity contribution in [3.63, 3.8) is 0 Å². The van der Waals surface area contributed by atoms with Crippen LogP contribution in [0.1, 0.15) is 16.7 Å². The van der Waals surface area contributed by atoms with Crippen LogP contribution in [0, 0.1) is 20.8 Å². The normalized spacial score (nSPS) is 11.4. The summed E-state index contributed by atoms with van der Waals surface area (Å²) in [5.74, 6) is 0. The highest BCUT2D eigenvalue weighted by molar-refractivity contribution is 7.92. The smallest absolute Gasteiger partial charge is 0.261 e. The first-order valence-electron chi connectivity index (χ1n) is 6.16. The molecule has 0 aliphatic rings. The zero-order valence-electron chi connectivity index (χ0n) is 11.6. The number of halogens is 1. The second kappa shape index (κ2) is 5.46. The Balaban J connectivity index is 2.36. The van der Waals surface area contributed by atoms with Crippen LogP contribution in [-0.4, -0.2) is 8.42 Å². The van der Waals surface area contributed by atoms with E-state index in [0.29, 0.717) is 10.7 Å². The summed E-state index contributed by atoms with van der Waals surface area (Å²) >= 11 is 6.08. The number of sulfonamides is 1. The Bertz CT molecular complexity index is 714. The van der Waals surface area contributed by atoms with Crippen LogP contribution in [-0.2, 0) is 10.0 Å². The molecule has 2 rings (SSSR count). The van der Waals surface area contributed by atoms with Crippen molar-refractivity contribution in [3.8, 4) is 0 Å². The molecule has 0 saturated heterocycles. The quantitative estimate of drug-likeness (QED) is 0.929. The lowest BCUT2D eigenvalue weighted by Crippen LogP contribution is -2.13. The maximum absolute atomic E-state index is 12.3. The Morgan fingerprint density at radius 2 is 1.45 bits per heavy atom. The first kappa shape index (κ1) is 14.9. The highest BCUT2D eigenvalue weighted by Crippen LogP contribution is 2.26. The van der Waals surface area contributed by atoms with E-state index in [4.69, 9.17) is 11.6 Å². The predicted molar refractivity (Wildman–Crippen MR) is 82.9 cm³/mol. The van der Waals surface area contributed by atoms with Gasteiger partial charge in [-0.2, -0.15) is 0 Å². The Labute approximate surface area is 124 Å². The van der Waals surface area contributed by atoms with Gasteiger partial charge in [-0.25, -0.2) is 8.42 Å². The first-order chi connectivity index (χ1) is 9.29. The van der Waals surface area contributed by atoms with Crippen LogP contribution in [0.2, 0.25) is 5.02 Å². The lowest BCUT2D eigenvalue weighted by atomic mass is 10.1. The van der Waals surface area contributed by atoms with E-state index in [1.807, 2.05) is 20.8 Å². The average molecular weight is 310 g/mol. The molecule has 3 nitrogen and oxygen atoms in total. The SMILES string of the molecule is Cc1ccc(S(=O)(=O)Nc2cc(C)c(Cl)c(C)c2)cc1. The van der Waals surface area contributed by atoms with Gasteiger partial charge in [0, 0.05) is 10.7 Å². The Hall–Kier alpha value is -1.52. The summed E-state index contributed by atoms with van der Waals surface area (Å²) in [5, 5.41) is 0.656. The number of benzene rings is 2. The van der Waals surface area contributed by atoms with Crippen molar-refractivity contribution < 1.29 is 8.42 Å². The van der Waals surface area contributed by atoms with Crippen molar-refractivity contribution in [1.82, 2.24) is 0 Å². The Morgan fingerprint density at radius 1 is 0.950 bits per heavy atom. The second-order valence-electron chi connectivity index (χ2n) is 4.84. The largest absolute Gasteiger partial charge is 0.280 e. The molecule has 0 saturated carbocycles. The van der Waals surface area contributed by atoms with E-state index in [2.05, 4.69) is 4.72 Å². The molecule has 0 heterocycles. The summed E-state index contributed by atoms with van der Waals surface area (Å²) in [5.41, 5.74) is 3.22. The molecule has 0 unspecified atom stereocenters. The first-order valence-corrected chi connectivity index (χ1v) is 8.02. The van der Waals surface area contributed by atoms with Gasteiger partial charge in [-0.3, -0.25) is 4.72 Å². The molecule has 0 aromatic heterocycles. The van der Waals surface area contributed by atoms with Crippen molar-refractivity contribution in [2.45, 2.75) is 25.7 Å². The zero-order chi connectivity index (χ0) is 14.9. The summed E-state index contributed by atoms with van der Waals surface area (Å²) < 4.78 is 27.1. The minimum atomic E-state index is -3.57. The minimum Gasteiger partial charge on any atom is -0.280 e. The minimum absolute atomic E-state index is 0.244. The number of aryl methyl sites for hydroxylation is 3. The molecule has 20 heavy (non-hydrogen) atoms. The molecular formula is C15H16ClNO2S. The van der Waals surface area contributed by atoms with Crippen LogP contribution < -0.4 is 4.72 Å². The number of hydrogen-bond donors (Lipinski definition) is 1. The van der Waals surface area contributed by atoms with E-state index in [-0.39, 0.29) is 4.90 Å². The van der Waals surface area contributed by atoms with Gasteiger partial charge in [-0.1, -0.05) is 29.3 Å². The summed E-state index contributed by atoms with van der Waals surface area (Å²) in [6.07, 6.45) is 0. The van der Waals surface area contributed by atoms with E-state index < -0.39 is 10.0 Å². The molecule has 2 aromatic carbocycles. The summed E-state index contributed by atoms with van der Waals surface area (Å²) in [6.45, 7) is 5.60. The molecule has 2 aromatic rings. The van der Waals surface area contributed by atoms with E-state index in [0.717, 1.165) is 16.7 Å². The highest BCUT2D eigenvalue weighted by Gasteiger charge is 2.14. The average Bonchev–Trinajstić information content (AvgIpc) is 2.36. The maximum atomic E-state index is 12.3. The van der Waals surface area contributed by atoms with Gasteiger partial charge < -0.3 is 0 Å². The molecule has 0 bridgehead atoms. The van der Waals surface area contributed by atoms with Gasteiger partial charge in [0.2, 0.25) is 0 Å². The topological polar surface area (TPSA) is 46.2 Å². The van der Waals surface area contributed by atoms with Gasteiger partial charge in [-0.15, -0.1) is 0 Å². The molecule has 106 valence electrons. The number of nitrogens with one attached hydrogen (secondary N) is 1. The molecule has 5 heteroatoms. The Kier molecular flexibility index (Phi) is 4.06.